The van der Waals surface area contributed by atoms with Gasteiger partial charge in [0.05, 0.1) is 6.10 Å². The van der Waals surface area contributed by atoms with E-state index in [-0.39, 0.29) is 0 Å². The van der Waals surface area contributed by atoms with Crippen LogP contribution in [0.4, 0.5) is 79.0 Å². The Balaban J connectivity index is 7.56. The standard InChI is InChI=1S/C13H10F18O5S2/c1-2-4(32)3-5(37(33,34)12(28,29)8(18,19)6(14,15)10(22,23)24)38(35,36)13(30,31)9(20,21)7(16,17)11(25,26)27/h4-5,32H,2-3H2,1H3. The number of hydrogen-bond acceptors (Lipinski definition) is 5. The van der Waals surface area contributed by atoms with Crippen molar-refractivity contribution >= 4 is 19.7 Å². The van der Waals surface area contributed by atoms with Crippen LogP contribution >= 0.6 is 0 Å². The van der Waals surface area contributed by atoms with Gasteiger partial charge in [-0.15, -0.1) is 0 Å². The number of halogens is 18. The molecule has 0 spiro atoms. The summed E-state index contributed by atoms with van der Waals surface area (Å²) in [6.45, 7) is 0.538. The first-order valence-electron chi connectivity index (χ1n) is 8.64. The quantitative estimate of drug-likeness (QED) is 0.312. The second kappa shape index (κ2) is 9.61. The molecule has 0 radical (unpaired) electrons. The summed E-state index contributed by atoms with van der Waals surface area (Å²) in [5.74, 6) is -33.1. The van der Waals surface area contributed by atoms with Crippen molar-refractivity contribution in [3.63, 3.8) is 0 Å². The molecule has 0 amide bonds. The van der Waals surface area contributed by atoms with Crippen LogP contribution in [0.25, 0.3) is 0 Å². The van der Waals surface area contributed by atoms with Gasteiger partial charge in [-0.1, -0.05) is 6.92 Å². The van der Waals surface area contributed by atoms with E-state index >= 15 is 0 Å². The van der Waals surface area contributed by atoms with Crippen LogP contribution in [0, 0.1) is 0 Å². The summed E-state index contributed by atoms with van der Waals surface area (Å²) in [4.78, 5) is 0. The average molecular weight is 652 g/mol. The molecule has 0 fully saturated rings. The van der Waals surface area contributed by atoms with Crippen LogP contribution < -0.4 is 0 Å². The van der Waals surface area contributed by atoms with Gasteiger partial charge in [-0.2, -0.15) is 79.0 Å². The van der Waals surface area contributed by atoms with Crippen molar-refractivity contribution in [1.29, 1.82) is 0 Å². The molecule has 1 unspecified atom stereocenters. The van der Waals surface area contributed by atoms with Crippen molar-refractivity contribution in [2.45, 2.75) is 77.0 Å². The minimum atomic E-state index is -8.74. The van der Waals surface area contributed by atoms with Crippen molar-refractivity contribution in [1.82, 2.24) is 0 Å². The zero-order chi connectivity index (χ0) is 31.6. The molecule has 0 aliphatic carbocycles. The van der Waals surface area contributed by atoms with Crippen LogP contribution in [0.1, 0.15) is 19.8 Å². The molecule has 5 nitrogen and oxygen atoms in total. The van der Waals surface area contributed by atoms with E-state index in [1.807, 2.05) is 0 Å². The fourth-order valence-electron chi connectivity index (χ4n) is 2.22. The van der Waals surface area contributed by atoms with Crippen LogP contribution in [-0.2, 0) is 19.7 Å². The van der Waals surface area contributed by atoms with Gasteiger partial charge < -0.3 is 5.11 Å². The number of aliphatic hydroxyl groups excluding tert-OH is 1. The summed E-state index contributed by atoms with van der Waals surface area (Å²) in [7, 11) is -17.5. The van der Waals surface area contributed by atoms with E-state index in [2.05, 4.69) is 0 Å². The van der Waals surface area contributed by atoms with E-state index in [1.54, 1.807) is 0 Å². The third kappa shape index (κ3) is 4.98. The van der Waals surface area contributed by atoms with E-state index in [0.29, 0.717) is 6.92 Å². The minimum absolute atomic E-state index is 0.538. The van der Waals surface area contributed by atoms with Crippen LogP contribution in [0.15, 0.2) is 0 Å². The molecule has 0 heterocycles. The lowest BCUT2D eigenvalue weighted by Crippen LogP contribution is -2.68. The Morgan fingerprint density at radius 3 is 0.947 bits per heavy atom. The topological polar surface area (TPSA) is 88.5 Å². The van der Waals surface area contributed by atoms with Gasteiger partial charge in [0, 0.05) is 6.42 Å². The summed E-state index contributed by atoms with van der Waals surface area (Å²) < 4.78 is 278. The third-order valence-electron chi connectivity index (χ3n) is 4.57. The first-order chi connectivity index (χ1) is 16.1. The molecule has 0 aliphatic heterocycles. The smallest absolute Gasteiger partial charge is 0.393 e. The number of rotatable bonds is 11. The highest BCUT2D eigenvalue weighted by Crippen LogP contribution is 2.59. The molecule has 0 aromatic rings. The molecule has 1 N–H and O–H groups in total. The van der Waals surface area contributed by atoms with Gasteiger partial charge in [-0.3, -0.25) is 0 Å². The Labute approximate surface area is 198 Å². The van der Waals surface area contributed by atoms with Gasteiger partial charge in [0.25, 0.3) is 0 Å². The van der Waals surface area contributed by atoms with Crippen molar-refractivity contribution in [2.24, 2.45) is 0 Å². The summed E-state index contributed by atoms with van der Waals surface area (Å²) in [6.07, 6.45) is -22.9. The van der Waals surface area contributed by atoms with Crippen LogP contribution in [0.2, 0.25) is 0 Å². The summed E-state index contributed by atoms with van der Waals surface area (Å²) in [5.41, 5.74) is 0. The number of sulfone groups is 2. The Morgan fingerprint density at radius 2 is 0.763 bits per heavy atom. The lowest BCUT2D eigenvalue weighted by Gasteiger charge is -2.37. The van der Waals surface area contributed by atoms with Gasteiger partial charge in [-0.05, 0) is 6.42 Å². The lowest BCUT2D eigenvalue weighted by atomic mass is 10.1. The van der Waals surface area contributed by atoms with Gasteiger partial charge in [0.2, 0.25) is 19.7 Å². The van der Waals surface area contributed by atoms with Crippen molar-refractivity contribution in [3.05, 3.63) is 0 Å². The highest BCUT2D eigenvalue weighted by Gasteiger charge is 2.89. The van der Waals surface area contributed by atoms with E-state index in [0.717, 1.165) is 0 Å². The zero-order valence-corrected chi connectivity index (χ0v) is 18.9. The molecule has 1 atom stereocenters. The number of alkyl halides is 18. The van der Waals surface area contributed by atoms with Crippen molar-refractivity contribution in [3.8, 4) is 0 Å². The maximum Gasteiger partial charge on any atom is 0.460 e. The lowest BCUT2D eigenvalue weighted by molar-refractivity contribution is -0.382. The van der Waals surface area contributed by atoms with E-state index in [9.17, 15) is 101 Å². The van der Waals surface area contributed by atoms with E-state index in [1.165, 1.54) is 0 Å². The first-order valence-corrected chi connectivity index (χ1v) is 11.7. The molecular weight excluding hydrogens is 642 g/mol. The molecule has 0 aromatic carbocycles. The molecule has 0 saturated carbocycles. The predicted octanol–water partition coefficient (Wildman–Crippen LogP) is 5.15. The van der Waals surface area contributed by atoms with Crippen LogP contribution in [-0.4, -0.2) is 79.2 Å². The fourth-order valence-corrected chi connectivity index (χ4v) is 6.86. The molecule has 38 heavy (non-hydrogen) atoms. The van der Waals surface area contributed by atoms with Gasteiger partial charge in [-0.25, -0.2) is 16.8 Å². The van der Waals surface area contributed by atoms with E-state index in [4.69, 9.17) is 0 Å². The maximum atomic E-state index is 14.0. The minimum Gasteiger partial charge on any atom is -0.393 e. The van der Waals surface area contributed by atoms with Gasteiger partial charge in [0.1, 0.15) is 0 Å². The largest absolute Gasteiger partial charge is 0.460 e. The maximum absolute atomic E-state index is 14.0. The number of aliphatic hydroxyl groups is 1. The summed E-state index contributed by atoms with van der Waals surface area (Å²) in [6, 6.07) is 0. The second-order valence-corrected chi connectivity index (χ2v) is 11.8. The van der Waals surface area contributed by atoms with Crippen LogP contribution in [0.5, 0.6) is 0 Å². The molecule has 25 heteroatoms. The Morgan fingerprint density at radius 1 is 0.526 bits per heavy atom. The van der Waals surface area contributed by atoms with Gasteiger partial charge in [0.15, 0.2) is 4.58 Å². The van der Waals surface area contributed by atoms with Crippen molar-refractivity contribution in [2.75, 3.05) is 0 Å². The van der Waals surface area contributed by atoms with E-state index < -0.39 is 89.8 Å². The molecule has 0 saturated heterocycles. The second-order valence-electron chi connectivity index (χ2n) is 7.14. The highest BCUT2D eigenvalue weighted by atomic mass is 32.3. The SMILES string of the molecule is CCC(O)CC(S(=O)(=O)C(F)(F)C(F)(F)C(F)(F)C(F)(F)F)S(=O)(=O)C(F)(F)C(F)(F)C(F)(F)C(F)(F)F. The third-order valence-corrected chi connectivity index (χ3v) is 9.81. The zero-order valence-electron chi connectivity index (χ0n) is 17.3. The Hall–Kier alpha value is -1.40. The predicted molar refractivity (Wildman–Crippen MR) is 84.3 cm³/mol. The molecule has 0 rings (SSSR count). The fraction of sp³-hybridized carbons (Fsp3) is 1.00. The Bertz CT molecular complexity index is 993. The summed E-state index contributed by atoms with van der Waals surface area (Å²) in [5, 5.41) is -7.19. The normalized spacial score (nSPS) is 17.2. The highest BCUT2D eigenvalue weighted by molar-refractivity contribution is 8.10. The first kappa shape index (κ1) is 36.6. The molecular formula is C13H10F18O5S2. The van der Waals surface area contributed by atoms with Gasteiger partial charge >= 0.3 is 46.6 Å². The molecule has 0 bridgehead atoms. The average Bonchev–Trinajstić information content (AvgIpc) is 2.68. The molecule has 0 aromatic heterocycles. The van der Waals surface area contributed by atoms with Crippen LogP contribution in [0.3, 0.4) is 0 Å². The Kier molecular flexibility index (Phi) is 9.25. The monoisotopic (exact) mass is 652 g/mol. The number of hydrogen-bond donors (Lipinski definition) is 1. The van der Waals surface area contributed by atoms with Crippen molar-refractivity contribution < 1.29 is 101 Å². The molecule has 0 aliphatic rings. The summed E-state index contributed by atoms with van der Waals surface area (Å²) >= 11 is 0. The molecule has 230 valence electrons.